The molecule has 3 aromatic rings. The number of nitrogens with zero attached hydrogens (tertiary/aromatic N) is 4. The van der Waals surface area contributed by atoms with Gasteiger partial charge in [0.05, 0.1) is 10.5 Å². The van der Waals surface area contributed by atoms with E-state index in [4.69, 9.17) is 11.6 Å². The molecule has 1 atom stereocenters. The van der Waals surface area contributed by atoms with Gasteiger partial charge < -0.3 is 9.88 Å². The number of fused-ring (bicyclic) bond motifs is 1. The predicted octanol–water partition coefficient (Wildman–Crippen LogP) is 2.37. The maximum atomic E-state index is 11.4. The number of aryl methyl sites for hydroxylation is 1. The number of amides is 1. The van der Waals surface area contributed by atoms with Crippen molar-refractivity contribution in [1.82, 2.24) is 24.6 Å². The molecule has 1 amide bonds. The van der Waals surface area contributed by atoms with Crippen molar-refractivity contribution in [3.63, 3.8) is 0 Å². The molecule has 3 heterocycles. The van der Waals surface area contributed by atoms with Crippen molar-refractivity contribution in [2.45, 2.75) is 25.4 Å². The van der Waals surface area contributed by atoms with Gasteiger partial charge in [-0.15, -0.1) is 0 Å². The highest BCUT2D eigenvalue weighted by Gasteiger charge is 2.23. The van der Waals surface area contributed by atoms with Gasteiger partial charge >= 0.3 is 0 Å². The summed E-state index contributed by atoms with van der Waals surface area (Å²) in [5.74, 6) is 0.882. The normalized spacial score (nSPS) is 17.8. The first-order chi connectivity index (χ1) is 11.1. The highest BCUT2D eigenvalue weighted by molar-refractivity contribution is 6.36. The molecule has 1 unspecified atom stereocenters. The number of carbonyl (C=O) groups excluding carboxylic acids is 1. The Labute approximate surface area is 138 Å². The van der Waals surface area contributed by atoms with Gasteiger partial charge in [0, 0.05) is 43.8 Å². The molecular weight excluding hydrogens is 314 g/mol. The van der Waals surface area contributed by atoms with Gasteiger partial charge in [0.1, 0.15) is 5.69 Å². The largest absolute Gasteiger partial charge is 0.352 e. The summed E-state index contributed by atoms with van der Waals surface area (Å²) in [6.07, 6.45) is 5.11. The molecule has 0 aliphatic carbocycles. The van der Waals surface area contributed by atoms with Crippen LogP contribution in [-0.4, -0.2) is 31.3 Å². The molecule has 0 spiro atoms. The van der Waals surface area contributed by atoms with E-state index in [-0.39, 0.29) is 11.9 Å². The Balaban J connectivity index is 1.78. The van der Waals surface area contributed by atoms with E-state index in [0.29, 0.717) is 18.0 Å². The fourth-order valence-electron chi connectivity index (χ4n) is 3.15. The molecular formula is C16H16ClN5O. The standard InChI is InChI=1S/C16H16ClN5O/c1-21-12-4-2-3-11(17)14(12)15(20-21)16-18-7-8-22(16)9-10-5-6-13(23)19-10/h2-4,7-8,10H,5-6,9H2,1H3,(H,19,23). The molecule has 1 aliphatic heterocycles. The van der Waals surface area contributed by atoms with Crippen molar-refractivity contribution >= 4 is 28.4 Å². The minimum Gasteiger partial charge on any atom is -0.352 e. The van der Waals surface area contributed by atoms with Crippen molar-refractivity contribution in [2.75, 3.05) is 0 Å². The average Bonchev–Trinajstić information content (AvgIpc) is 3.21. The Morgan fingerprint density at radius 2 is 2.30 bits per heavy atom. The van der Waals surface area contributed by atoms with E-state index < -0.39 is 0 Å². The summed E-state index contributed by atoms with van der Waals surface area (Å²) in [4.78, 5) is 15.9. The Kier molecular flexibility index (Phi) is 3.34. The second kappa shape index (κ2) is 5.38. The summed E-state index contributed by atoms with van der Waals surface area (Å²) in [6.45, 7) is 0.684. The van der Waals surface area contributed by atoms with Crippen LogP contribution < -0.4 is 5.32 Å². The third-order valence-electron chi connectivity index (χ3n) is 4.26. The molecule has 4 rings (SSSR count). The summed E-state index contributed by atoms with van der Waals surface area (Å²) in [5, 5.41) is 9.15. The molecule has 7 heteroatoms. The number of halogens is 1. The third kappa shape index (κ3) is 2.39. The first-order valence-electron chi connectivity index (χ1n) is 7.55. The van der Waals surface area contributed by atoms with E-state index in [2.05, 4.69) is 15.4 Å². The topological polar surface area (TPSA) is 64.7 Å². The number of hydrogen-bond acceptors (Lipinski definition) is 3. The second-order valence-electron chi connectivity index (χ2n) is 5.81. The smallest absolute Gasteiger partial charge is 0.220 e. The lowest BCUT2D eigenvalue weighted by atomic mass is 10.2. The molecule has 6 nitrogen and oxygen atoms in total. The molecule has 0 saturated carbocycles. The summed E-state index contributed by atoms with van der Waals surface area (Å²) < 4.78 is 3.84. The predicted molar refractivity (Wildman–Crippen MR) is 88.1 cm³/mol. The number of rotatable bonds is 3. The molecule has 2 aromatic heterocycles. The van der Waals surface area contributed by atoms with Crippen molar-refractivity contribution < 1.29 is 4.79 Å². The van der Waals surface area contributed by atoms with Gasteiger partial charge in [-0.2, -0.15) is 5.10 Å². The number of aromatic nitrogens is 4. The van der Waals surface area contributed by atoms with E-state index in [1.165, 1.54) is 0 Å². The van der Waals surface area contributed by atoms with E-state index in [1.807, 2.05) is 40.7 Å². The van der Waals surface area contributed by atoms with Crippen molar-refractivity contribution in [1.29, 1.82) is 0 Å². The first kappa shape index (κ1) is 14.3. The van der Waals surface area contributed by atoms with Gasteiger partial charge in [0.15, 0.2) is 5.82 Å². The molecule has 1 saturated heterocycles. The number of hydrogen-bond donors (Lipinski definition) is 1. The minimum atomic E-state index is 0.114. The third-order valence-corrected chi connectivity index (χ3v) is 4.57. The fraction of sp³-hybridized carbons (Fsp3) is 0.312. The number of nitrogens with one attached hydrogen (secondary N) is 1. The molecule has 1 N–H and O–H groups in total. The van der Waals surface area contributed by atoms with E-state index >= 15 is 0 Å². The van der Waals surface area contributed by atoms with Gasteiger partial charge in [0.2, 0.25) is 5.91 Å². The van der Waals surface area contributed by atoms with Gasteiger partial charge in [-0.05, 0) is 18.6 Å². The van der Waals surface area contributed by atoms with Crippen LogP contribution in [0.5, 0.6) is 0 Å². The van der Waals surface area contributed by atoms with Crippen LogP contribution in [0.15, 0.2) is 30.6 Å². The number of benzene rings is 1. The second-order valence-corrected chi connectivity index (χ2v) is 6.22. The summed E-state index contributed by atoms with van der Waals surface area (Å²) in [5.41, 5.74) is 1.73. The lowest BCUT2D eigenvalue weighted by Gasteiger charge is -2.12. The molecule has 1 aromatic carbocycles. The molecule has 118 valence electrons. The molecule has 23 heavy (non-hydrogen) atoms. The number of imidazole rings is 1. The molecule has 0 bridgehead atoms. The van der Waals surface area contributed by atoms with Gasteiger partial charge in [0.25, 0.3) is 0 Å². The van der Waals surface area contributed by atoms with Crippen LogP contribution in [0.25, 0.3) is 22.4 Å². The van der Waals surface area contributed by atoms with Crippen LogP contribution in [0.3, 0.4) is 0 Å². The lowest BCUT2D eigenvalue weighted by molar-refractivity contribution is -0.119. The van der Waals surface area contributed by atoms with Crippen molar-refractivity contribution in [2.24, 2.45) is 7.05 Å². The van der Waals surface area contributed by atoms with E-state index in [9.17, 15) is 4.79 Å². The van der Waals surface area contributed by atoms with Crippen LogP contribution >= 0.6 is 11.6 Å². The van der Waals surface area contributed by atoms with E-state index in [1.54, 1.807) is 6.20 Å². The zero-order valence-corrected chi connectivity index (χ0v) is 13.4. The fourth-order valence-corrected chi connectivity index (χ4v) is 3.41. The summed E-state index contributed by atoms with van der Waals surface area (Å²) in [7, 11) is 1.90. The zero-order chi connectivity index (χ0) is 16.0. The molecule has 0 radical (unpaired) electrons. The maximum absolute atomic E-state index is 11.4. The van der Waals surface area contributed by atoms with Crippen LogP contribution in [0.2, 0.25) is 5.02 Å². The number of carbonyl (C=O) groups is 1. The highest BCUT2D eigenvalue weighted by Crippen LogP contribution is 2.32. The van der Waals surface area contributed by atoms with Gasteiger partial charge in [-0.25, -0.2) is 4.98 Å². The van der Waals surface area contributed by atoms with Crippen LogP contribution in [0.1, 0.15) is 12.8 Å². The van der Waals surface area contributed by atoms with Crippen molar-refractivity contribution in [3.05, 3.63) is 35.6 Å². The Bertz CT molecular complexity index is 897. The lowest BCUT2D eigenvalue weighted by Crippen LogP contribution is -2.29. The Morgan fingerprint density at radius 3 is 3.09 bits per heavy atom. The van der Waals surface area contributed by atoms with E-state index in [0.717, 1.165) is 28.8 Å². The minimum absolute atomic E-state index is 0.114. The maximum Gasteiger partial charge on any atom is 0.220 e. The Hall–Kier alpha value is -2.34. The average molecular weight is 330 g/mol. The molecule has 1 fully saturated rings. The molecule has 1 aliphatic rings. The van der Waals surface area contributed by atoms with Crippen LogP contribution in [-0.2, 0) is 18.4 Å². The SMILES string of the molecule is Cn1nc(-c2nccn2CC2CCC(=O)N2)c2c(Cl)cccc21. The quantitative estimate of drug-likeness (QED) is 0.802. The highest BCUT2D eigenvalue weighted by atomic mass is 35.5. The summed E-state index contributed by atoms with van der Waals surface area (Å²) >= 11 is 6.39. The van der Waals surface area contributed by atoms with Crippen LogP contribution in [0.4, 0.5) is 0 Å². The summed E-state index contributed by atoms with van der Waals surface area (Å²) in [6, 6.07) is 5.90. The van der Waals surface area contributed by atoms with Gasteiger partial charge in [-0.1, -0.05) is 17.7 Å². The first-order valence-corrected chi connectivity index (χ1v) is 7.93. The van der Waals surface area contributed by atoms with Crippen molar-refractivity contribution in [3.8, 4) is 11.5 Å². The Morgan fingerprint density at radius 1 is 1.43 bits per heavy atom. The van der Waals surface area contributed by atoms with Gasteiger partial charge in [-0.3, -0.25) is 9.48 Å². The zero-order valence-electron chi connectivity index (χ0n) is 12.7. The van der Waals surface area contributed by atoms with Crippen LogP contribution in [0, 0.1) is 0 Å². The monoisotopic (exact) mass is 329 g/mol.